The zero-order chi connectivity index (χ0) is 11.4. The van der Waals surface area contributed by atoms with Crippen LogP contribution in [0.4, 0.5) is 0 Å². The molecule has 0 aromatic carbocycles. The maximum absolute atomic E-state index is 12.0. The van der Waals surface area contributed by atoms with E-state index in [-0.39, 0.29) is 23.9 Å². The van der Waals surface area contributed by atoms with Crippen LogP contribution in [0.1, 0.15) is 33.1 Å². The standard InChI is InChI=1S/C11H23N3O/c1-3-14(4-2)11(15)8-5-6-9(12)10(13)7-8/h8-10H,3-7,12-13H2,1-2H3/t8?,9-,10+/m0/s1. The molecule has 0 aromatic rings. The van der Waals surface area contributed by atoms with Gasteiger partial charge in [0.1, 0.15) is 0 Å². The van der Waals surface area contributed by atoms with E-state index in [9.17, 15) is 4.79 Å². The molecule has 1 rings (SSSR count). The predicted molar refractivity (Wildman–Crippen MR) is 61.2 cm³/mol. The zero-order valence-corrected chi connectivity index (χ0v) is 9.78. The van der Waals surface area contributed by atoms with E-state index >= 15 is 0 Å². The molecule has 4 nitrogen and oxygen atoms in total. The fourth-order valence-electron chi connectivity index (χ4n) is 2.25. The third-order valence-electron chi connectivity index (χ3n) is 3.38. The summed E-state index contributed by atoms with van der Waals surface area (Å²) in [5.41, 5.74) is 11.7. The summed E-state index contributed by atoms with van der Waals surface area (Å²) in [7, 11) is 0. The van der Waals surface area contributed by atoms with Crippen LogP contribution in [0.25, 0.3) is 0 Å². The van der Waals surface area contributed by atoms with Gasteiger partial charge < -0.3 is 16.4 Å². The van der Waals surface area contributed by atoms with Crippen molar-refractivity contribution in [2.45, 2.75) is 45.2 Å². The minimum Gasteiger partial charge on any atom is -0.343 e. The van der Waals surface area contributed by atoms with Crippen molar-refractivity contribution in [3.8, 4) is 0 Å². The quantitative estimate of drug-likeness (QED) is 0.708. The van der Waals surface area contributed by atoms with Gasteiger partial charge >= 0.3 is 0 Å². The molecular weight excluding hydrogens is 190 g/mol. The Kier molecular flexibility index (Phi) is 4.54. The summed E-state index contributed by atoms with van der Waals surface area (Å²) >= 11 is 0. The van der Waals surface area contributed by atoms with Crippen molar-refractivity contribution in [3.05, 3.63) is 0 Å². The molecule has 1 amide bonds. The van der Waals surface area contributed by atoms with E-state index in [1.165, 1.54) is 0 Å². The average Bonchev–Trinajstić information content (AvgIpc) is 2.23. The molecule has 1 aliphatic carbocycles. The van der Waals surface area contributed by atoms with Gasteiger partial charge in [-0.15, -0.1) is 0 Å². The maximum Gasteiger partial charge on any atom is 0.225 e. The summed E-state index contributed by atoms with van der Waals surface area (Å²) < 4.78 is 0. The molecular formula is C11H23N3O. The first-order chi connectivity index (χ1) is 7.10. The Morgan fingerprint density at radius 1 is 1.20 bits per heavy atom. The minimum atomic E-state index is -0.0109. The van der Waals surface area contributed by atoms with Gasteiger partial charge in [0.05, 0.1) is 0 Å². The van der Waals surface area contributed by atoms with Crippen LogP contribution in [-0.4, -0.2) is 36.0 Å². The summed E-state index contributed by atoms with van der Waals surface area (Å²) in [6.45, 7) is 5.59. The third kappa shape index (κ3) is 2.92. The van der Waals surface area contributed by atoms with Crippen LogP contribution in [0.5, 0.6) is 0 Å². The summed E-state index contributed by atoms with van der Waals surface area (Å²) in [5.74, 6) is 0.349. The van der Waals surface area contributed by atoms with Crippen molar-refractivity contribution in [2.24, 2.45) is 17.4 Å². The van der Waals surface area contributed by atoms with Crippen molar-refractivity contribution in [3.63, 3.8) is 0 Å². The van der Waals surface area contributed by atoms with Gasteiger partial charge in [0.25, 0.3) is 0 Å². The highest BCUT2D eigenvalue weighted by Gasteiger charge is 2.31. The Bertz CT molecular complexity index is 216. The molecule has 0 bridgehead atoms. The number of hydrogen-bond donors (Lipinski definition) is 2. The molecule has 0 radical (unpaired) electrons. The molecule has 0 aliphatic heterocycles. The largest absolute Gasteiger partial charge is 0.343 e. The van der Waals surface area contributed by atoms with Crippen molar-refractivity contribution in [2.75, 3.05) is 13.1 Å². The van der Waals surface area contributed by atoms with E-state index in [0.717, 1.165) is 32.4 Å². The van der Waals surface area contributed by atoms with Gasteiger partial charge in [-0.05, 0) is 33.1 Å². The molecule has 0 heterocycles. The lowest BCUT2D eigenvalue weighted by Gasteiger charge is -2.33. The zero-order valence-electron chi connectivity index (χ0n) is 9.78. The summed E-state index contributed by atoms with van der Waals surface area (Å²) in [6, 6.07) is 0.0639. The smallest absolute Gasteiger partial charge is 0.225 e. The van der Waals surface area contributed by atoms with Gasteiger partial charge in [-0.1, -0.05) is 0 Å². The molecule has 1 aliphatic rings. The second kappa shape index (κ2) is 5.47. The topological polar surface area (TPSA) is 72.3 Å². The molecule has 4 heteroatoms. The van der Waals surface area contributed by atoms with Crippen LogP contribution in [0.2, 0.25) is 0 Å². The fraction of sp³-hybridized carbons (Fsp3) is 0.909. The molecule has 1 fully saturated rings. The molecule has 0 saturated heterocycles. The lowest BCUT2D eigenvalue weighted by Crippen LogP contribution is -2.49. The molecule has 1 unspecified atom stereocenters. The Morgan fingerprint density at radius 3 is 2.27 bits per heavy atom. The summed E-state index contributed by atoms with van der Waals surface area (Å²) in [5, 5.41) is 0. The van der Waals surface area contributed by atoms with Gasteiger partial charge in [-0.2, -0.15) is 0 Å². The van der Waals surface area contributed by atoms with Crippen LogP contribution in [-0.2, 0) is 4.79 Å². The number of nitrogens with two attached hydrogens (primary N) is 2. The molecule has 15 heavy (non-hydrogen) atoms. The molecule has 4 N–H and O–H groups in total. The molecule has 0 spiro atoms. The highest BCUT2D eigenvalue weighted by Crippen LogP contribution is 2.24. The Morgan fingerprint density at radius 2 is 1.80 bits per heavy atom. The van der Waals surface area contributed by atoms with Gasteiger partial charge in [0, 0.05) is 31.1 Å². The first kappa shape index (κ1) is 12.5. The average molecular weight is 213 g/mol. The first-order valence-electron chi connectivity index (χ1n) is 5.90. The number of rotatable bonds is 3. The molecule has 3 atom stereocenters. The molecule has 1 saturated carbocycles. The van der Waals surface area contributed by atoms with Crippen LogP contribution < -0.4 is 11.5 Å². The van der Waals surface area contributed by atoms with Crippen LogP contribution >= 0.6 is 0 Å². The second-order valence-corrected chi connectivity index (χ2v) is 4.35. The normalized spacial score (nSPS) is 31.3. The summed E-state index contributed by atoms with van der Waals surface area (Å²) in [4.78, 5) is 13.9. The molecule has 0 aromatic heterocycles. The van der Waals surface area contributed by atoms with Crippen molar-refractivity contribution in [1.29, 1.82) is 0 Å². The first-order valence-corrected chi connectivity index (χ1v) is 5.90. The minimum absolute atomic E-state index is 0.0109. The number of carbonyl (C=O) groups is 1. The van der Waals surface area contributed by atoms with Gasteiger partial charge in [-0.3, -0.25) is 4.79 Å². The SMILES string of the molecule is CCN(CC)C(=O)C1CC[C@H](N)[C@H](N)C1. The number of hydrogen-bond acceptors (Lipinski definition) is 3. The lowest BCUT2D eigenvalue weighted by atomic mass is 9.82. The van der Waals surface area contributed by atoms with E-state index in [1.807, 2.05) is 18.7 Å². The highest BCUT2D eigenvalue weighted by atomic mass is 16.2. The number of carbonyl (C=O) groups excluding carboxylic acids is 1. The van der Waals surface area contributed by atoms with Crippen LogP contribution in [0.15, 0.2) is 0 Å². The second-order valence-electron chi connectivity index (χ2n) is 4.35. The van der Waals surface area contributed by atoms with Gasteiger partial charge in [-0.25, -0.2) is 0 Å². The van der Waals surface area contributed by atoms with Crippen LogP contribution in [0, 0.1) is 5.92 Å². The van der Waals surface area contributed by atoms with E-state index in [4.69, 9.17) is 11.5 Å². The van der Waals surface area contributed by atoms with E-state index in [1.54, 1.807) is 0 Å². The third-order valence-corrected chi connectivity index (χ3v) is 3.38. The highest BCUT2D eigenvalue weighted by molar-refractivity contribution is 5.79. The summed E-state index contributed by atoms with van der Waals surface area (Å²) in [6.07, 6.45) is 2.51. The van der Waals surface area contributed by atoms with E-state index in [2.05, 4.69) is 0 Å². The van der Waals surface area contributed by atoms with Crippen molar-refractivity contribution < 1.29 is 4.79 Å². The lowest BCUT2D eigenvalue weighted by molar-refractivity contribution is -0.136. The van der Waals surface area contributed by atoms with Gasteiger partial charge in [0.2, 0.25) is 5.91 Å². The van der Waals surface area contributed by atoms with E-state index in [0.29, 0.717) is 0 Å². The number of nitrogens with zero attached hydrogens (tertiary/aromatic N) is 1. The maximum atomic E-state index is 12.0. The fourth-order valence-corrected chi connectivity index (χ4v) is 2.25. The number of amides is 1. The Labute approximate surface area is 92.0 Å². The molecule has 88 valence electrons. The monoisotopic (exact) mass is 213 g/mol. The van der Waals surface area contributed by atoms with Crippen molar-refractivity contribution in [1.82, 2.24) is 4.90 Å². The van der Waals surface area contributed by atoms with Crippen molar-refractivity contribution >= 4 is 5.91 Å². The van der Waals surface area contributed by atoms with Gasteiger partial charge in [0.15, 0.2) is 0 Å². The predicted octanol–water partition coefficient (Wildman–Crippen LogP) is 0.310. The Balaban J connectivity index is 2.53. The Hall–Kier alpha value is -0.610. The van der Waals surface area contributed by atoms with Crippen LogP contribution in [0.3, 0.4) is 0 Å². The van der Waals surface area contributed by atoms with E-state index < -0.39 is 0 Å².